The summed E-state index contributed by atoms with van der Waals surface area (Å²) in [7, 11) is -3.95. The SMILES string of the molecule is C=CCN(c1cc(C)cc(C)c1)S(=O)(=O)c1cccc([N+](=O)[O-])c1. The summed E-state index contributed by atoms with van der Waals surface area (Å²) in [5, 5.41) is 10.9. The van der Waals surface area contributed by atoms with Crippen LogP contribution in [0.4, 0.5) is 11.4 Å². The molecule has 24 heavy (non-hydrogen) atoms. The summed E-state index contributed by atoms with van der Waals surface area (Å²) < 4.78 is 27.1. The number of hydrogen-bond donors (Lipinski definition) is 0. The Morgan fingerprint density at radius 2 is 1.79 bits per heavy atom. The van der Waals surface area contributed by atoms with Crippen LogP contribution in [-0.2, 0) is 10.0 Å². The van der Waals surface area contributed by atoms with Crippen LogP contribution < -0.4 is 4.31 Å². The Morgan fingerprint density at radius 1 is 1.17 bits per heavy atom. The molecular weight excluding hydrogens is 328 g/mol. The van der Waals surface area contributed by atoms with Gasteiger partial charge in [-0.25, -0.2) is 8.42 Å². The molecule has 2 aromatic carbocycles. The Kier molecular flexibility index (Phi) is 5.04. The summed E-state index contributed by atoms with van der Waals surface area (Å²) in [4.78, 5) is 10.2. The highest BCUT2D eigenvalue weighted by Crippen LogP contribution is 2.27. The van der Waals surface area contributed by atoms with Crippen LogP contribution in [0.15, 0.2) is 60.0 Å². The predicted molar refractivity (Wildman–Crippen MR) is 93.7 cm³/mol. The lowest BCUT2D eigenvalue weighted by atomic mass is 10.1. The molecule has 126 valence electrons. The molecule has 0 aromatic heterocycles. The van der Waals surface area contributed by atoms with Gasteiger partial charge in [0.25, 0.3) is 15.7 Å². The number of anilines is 1. The summed E-state index contributed by atoms with van der Waals surface area (Å²) in [6.07, 6.45) is 1.48. The summed E-state index contributed by atoms with van der Waals surface area (Å²) >= 11 is 0. The minimum Gasteiger partial charge on any atom is -0.263 e. The number of benzene rings is 2. The molecule has 0 radical (unpaired) electrons. The van der Waals surface area contributed by atoms with Gasteiger partial charge in [-0.15, -0.1) is 6.58 Å². The van der Waals surface area contributed by atoms with Gasteiger partial charge in [-0.2, -0.15) is 0 Å². The van der Waals surface area contributed by atoms with Gasteiger partial charge in [-0.3, -0.25) is 14.4 Å². The van der Waals surface area contributed by atoms with Crippen molar-refractivity contribution in [2.75, 3.05) is 10.8 Å². The first-order valence-corrected chi connectivity index (χ1v) is 8.66. The molecular formula is C17H18N2O4S. The lowest BCUT2D eigenvalue weighted by molar-refractivity contribution is -0.385. The van der Waals surface area contributed by atoms with Gasteiger partial charge in [0, 0.05) is 12.1 Å². The smallest absolute Gasteiger partial charge is 0.263 e. The molecule has 0 aliphatic carbocycles. The van der Waals surface area contributed by atoms with Gasteiger partial charge >= 0.3 is 0 Å². The average molecular weight is 346 g/mol. The van der Waals surface area contributed by atoms with Gasteiger partial charge in [0.05, 0.1) is 22.1 Å². The maximum Gasteiger partial charge on any atom is 0.270 e. The van der Waals surface area contributed by atoms with Gasteiger partial charge in [0.1, 0.15) is 0 Å². The van der Waals surface area contributed by atoms with Crippen LogP contribution in [0.5, 0.6) is 0 Å². The van der Waals surface area contributed by atoms with Gasteiger partial charge in [-0.1, -0.05) is 18.2 Å². The van der Waals surface area contributed by atoms with Gasteiger partial charge < -0.3 is 0 Å². The number of aryl methyl sites for hydroxylation is 2. The number of rotatable bonds is 6. The van der Waals surface area contributed by atoms with E-state index in [1.165, 1.54) is 28.6 Å². The van der Waals surface area contributed by atoms with E-state index in [1.807, 2.05) is 19.9 Å². The van der Waals surface area contributed by atoms with E-state index in [2.05, 4.69) is 6.58 Å². The molecule has 7 heteroatoms. The van der Waals surface area contributed by atoms with Gasteiger partial charge in [0.15, 0.2) is 0 Å². The van der Waals surface area contributed by atoms with E-state index < -0.39 is 14.9 Å². The summed E-state index contributed by atoms with van der Waals surface area (Å²) in [5.41, 5.74) is 2.08. The number of sulfonamides is 1. The number of nitro groups is 1. The number of hydrogen-bond acceptors (Lipinski definition) is 4. The van der Waals surface area contributed by atoms with E-state index in [0.717, 1.165) is 17.2 Å². The van der Waals surface area contributed by atoms with E-state index in [1.54, 1.807) is 12.1 Å². The van der Waals surface area contributed by atoms with Crippen LogP contribution in [0.25, 0.3) is 0 Å². The molecule has 0 fully saturated rings. The minimum absolute atomic E-state index is 0.0634. The predicted octanol–water partition coefficient (Wildman–Crippen LogP) is 3.59. The first-order chi connectivity index (χ1) is 11.3. The molecule has 0 heterocycles. The fourth-order valence-electron chi connectivity index (χ4n) is 2.44. The Hall–Kier alpha value is -2.67. The van der Waals surface area contributed by atoms with Crippen LogP contribution in [0.3, 0.4) is 0 Å². The zero-order valence-corrected chi connectivity index (χ0v) is 14.3. The van der Waals surface area contributed by atoms with Crippen molar-refractivity contribution in [1.29, 1.82) is 0 Å². The third kappa shape index (κ3) is 3.62. The lowest BCUT2D eigenvalue weighted by Crippen LogP contribution is -2.31. The summed E-state index contributed by atoms with van der Waals surface area (Å²) in [5.74, 6) is 0. The van der Waals surface area contributed by atoms with Crippen LogP contribution >= 0.6 is 0 Å². The van der Waals surface area contributed by atoms with Crippen LogP contribution in [0.1, 0.15) is 11.1 Å². The van der Waals surface area contributed by atoms with E-state index in [9.17, 15) is 18.5 Å². The highest BCUT2D eigenvalue weighted by atomic mass is 32.2. The molecule has 2 rings (SSSR count). The molecule has 2 aromatic rings. The number of nitrogens with zero attached hydrogens (tertiary/aromatic N) is 2. The molecule has 0 bridgehead atoms. The molecule has 0 N–H and O–H groups in total. The molecule has 0 amide bonds. The average Bonchev–Trinajstić information content (AvgIpc) is 2.51. The highest BCUT2D eigenvalue weighted by Gasteiger charge is 2.26. The zero-order chi connectivity index (χ0) is 17.9. The normalized spacial score (nSPS) is 11.1. The van der Waals surface area contributed by atoms with Gasteiger partial charge in [-0.05, 0) is 43.2 Å². The quantitative estimate of drug-likeness (QED) is 0.455. The van der Waals surface area contributed by atoms with E-state index >= 15 is 0 Å². The second-order valence-corrected chi connectivity index (χ2v) is 7.29. The van der Waals surface area contributed by atoms with Crippen molar-refractivity contribution >= 4 is 21.4 Å². The largest absolute Gasteiger partial charge is 0.270 e. The summed E-state index contributed by atoms with van der Waals surface area (Å²) in [6, 6.07) is 10.5. The van der Waals surface area contributed by atoms with E-state index in [4.69, 9.17) is 0 Å². The maximum atomic E-state index is 13.0. The Labute approximate surface area is 141 Å². The fraction of sp³-hybridized carbons (Fsp3) is 0.176. The van der Waals surface area contributed by atoms with Crippen molar-refractivity contribution in [3.63, 3.8) is 0 Å². The Balaban J connectivity index is 2.59. The molecule has 0 aliphatic rings. The van der Waals surface area contributed by atoms with Crippen molar-refractivity contribution < 1.29 is 13.3 Å². The number of nitro benzene ring substituents is 1. The molecule has 0 spiro atoms. The molecule has 0 unspecified atom stereocenters. The Bertz CT molecular complexity index is 871. The first-order valence-electron chi connectivity index (χ1n) is 7.22. The lowest BCUT2D eigenvalue weighted by Gasteiger charge is -2.24. The number of non-ortho nitro benzene ring substituents is 1. The highest BCUT2D eigenvalue weighted by molar-refractivity contribution is 7.92. The third-order valence-corrected chi connectivity index (χ3v) is 5.20. The van der Waals surface area contributed by atoms with Crippen molar-refractivity contribution in [3.8, 4) is 0 Å². The standard InChI is InChI=1S/C17H18N2O4S/c1-4-8-18(16-10-13(2)9-14(3)11-16)24(22,23)17-7-5-6-15(12-17)19(20)21/h4-7,9-12H,1,8H2,2-3H3. The van der Waals surface area contributed by atoms with Crippen molar-refractivity contribution in [3.05, 3.63) is 76.4 Å². The molecule has 0 saturated heterocycles. The van der Waals surface area contributed by atoms with Crippen molar-refractivity contribution in [1.82, 2.24) is 0 Å². The van der Waals surface area contributed by atoms with Crippen molar-refractivity contribution in [2.24, 2.45) is 0 Å². The maximum absolute atomic E-state index is 13.0. The molecule has 0 atom stereocenters. The molecule has 0 aliphatic heterocycles. The Morgan fingerprint density at radius 3 is 2.33 bits per heavy atom. The van der Waals surface area contributed by atoms with Crippen molar-refractivity contribution in [2.45, 2.75) is 18.7 Å². The molecule has 0 saturated carbocycles. The van der Waals surface area contributed by atoms with Crippen LogP contribution in [-0.4, -0.2) is 19.9 Å². The van der Waals surface area contributed by atoms with Crippen LogP contribution in [0, 0.1) is 24.0 Å². The first kappa shape index (κ1) is 17.7. The molecule has 6 nitrogen and oxygen atoms in total. The fourth-order valence-corrected chi connectivity index (χ4v) is 3.90. The minimum atomic E-state index is -3.95. The second kappa shape index (κ2) is 6.84. The monoisotopic (exact) mass is 346 g/mol. The summed E-state index contributed by atoms with van der Waals surface area (Å²) in [6.45, 7) is 7.43. The van der Waals surface area contributed by atoms with Gasteiger partial charge in [0.2, 0.25) is 0 Å². The van der Waals surface area contributed by atoms with E-state index in [0.29, 0.717) is 5.69 Å². The zero-order valence-electron chi connectivity index (χ0n) is 13.5. The second-order valence-electron chi connectivity index (χ2n) is 5.43. The van der Waals surface area contributed by atoms with E-state index in [-0.39, 0.29) is 17.1 Å². The third-order valence-electron chi connectivity index (χ3n) is 3.41. The topological polar surface area (TPSA) is 80.5 Å². The van der Waals surface area contributed by atoms with Crippen LogP contribution in [0.2, 0.25) is 0 Å².